The number of carbonyl (C=O) groups excluding carboxylic acids is 1. The molecular formula is C17H20N4O2. The second kappa shape index (κ2) is 6.75. The van der Waals surface area contributed by atoms with Crippen LogP contribution in [0.1, 0.15) is 28.9 Å². The Morgan fingerprint density at radius 3 is 2.91 bits per heavy atom. The van der Waals surface area contributed by atoms with Crippen LogP contribution in [0.5, 0.6) is 0 Å². The summed E-state index contributed by atoms with van der Waals surface area (Å²) >= 11 is 0. The highest BCUT2D eigenvalue weighted by Crippen LogP contribution is 2.19. The van der Waals surface area contributed by atoms with E-state index in [1.165, 1.54) is 0 Å². The lowest BCUT2D eigenvalue weighted by Gasteiger charge is -2.30. The number of amides is 1. The predicted molar refractivity (Wildman–Crippen MR) is 87.6 cm³/mol. The van der Waals surface area contributed by atoms with Crippen molar-refractivity contribution in [2.75, 3.05) is 18.4 Å². The molecule has 0 bridgehead atoms. The molecule has 0 aliphatic carbocycles. The summed E-state index contributed by atoms with van der Waals surface area (Å²) in [5.74, 6) is 0.580. The number of likely N-dealkylation sites (tertiary alicyclic amines) is 1. The fraction of sp³-hybridized carbons (Fsp3) is 0.353. The van der Waals surface area contributed by atoms with E-state index in [9.17, 15) is 9.90 Å². The zero-order chi connectivity index (χ0) is 16.2. The van der Waals surface area contributed by atoms with Gasteiger partial charge in [-0.1, -0.05) is 6.07 Å². The SMILES string of the molecule is Cc1ccc(Nc2cccc(C(=O)N3CCCC(O)C3)c2)nn1. The molecule has 1 aliphatic rings. The fourth-order valence-corrected chi connectivity index (χ4v) is 2.67. The van der Waals surface area contributed by atoms with Gasteiger partial charge in [0.05, 0.1) is 11.8 Å². The molecular weight excluding hydrogens is 292 g/mol. The van der Waals surface area contributed by atoms with Crippen LogP contribution < -0.4 is 5.32 Å². The Morgan fingerprint density at radius 1 is 1.30 bits per heavy atom. The van der Waals surface area contributed by atoms with Crippen molar-refractivity contribution in [1.82, 2.24) is 15.1 Å². The highest BCUT2D eigenvalue weighted by atomic mass is 16.3. The summed E-state index contributed by atoms with van der Waals surface area (Å²) in [5.41, 5.74) is 2.24. The van der Waals surface area contributed by atoms with E-state index in [-0.39, 0.29) is 5.91 Å². The number of aryl methyl sites for hydroxylation is 1. The lowest BCUT2D eigenvalue weighted by atomic mass is 10.1. The van der Waals surface area contributed by atoms with E-state index < -0.39 is 6.10 Å². The number of aliphatic hydroxyl groups is 1. The van der Waals surface area contributed by atoms with Crippen LogP contribution in [0, 0.1) is 6.92 Å². The molecule has 1 fully saturated rings. The van der Waals surface area contributed by atoms with Gasteiger partial charge in [-0.15, -0.1) is 5.10 Å². The Hall–Kier alpha value is -2.47. The zero-order valence-electron chi connectivity index (χ0n) is 13.1. The third-order valence-electron chi connectivity index (χ3n) is 3.86. The van der Waals surface area contributed by atoms with Crippen molar-refractivity contribution < 1.29 is 9.90 Å². The largest absolute Gasteiger partial charge is 0.391 e. The molecule has 1 aromatic heterocycles. The van der Waals surface area contributed by atoms with Crippen LogP contribution in [0.25, 0.3) is 0 Å². The van der Waals surface area contributed by atoms with E-state index in [0.29, 0.717) is 24.5 Å². The van der Waals surface area contributed by atoms with Crippen LogP contribution in [0.15, 0.2) is 36.4 Å². The number of hydrogen-bond acceptors (Lipinski definition) is 5. The molecule has 23 heavy (non-hydrogen) atoms. The molecule has 0 spiro atoms. The molecule has 0 saturated carbocycles. The van der Waals surface area contributed by atoms with Crippen LogP contribution in [-0.4, -0.2) is 45.3 Å². The van der Waals surface area contributed by atoms with Crippen molar-refractivity contribution in [2.45, 2.75) is 25.9 Å². The molecule has 6 nitrogen and oxygen atoms in total. The quantitative estimate of drug-likeness (QED) is 0.907. The van der Waals surface area contributed by atoms with Crippen LogP contribution >= 0.6 is 0 Å². The van der Waals surface area contributed by atoms with Crippen molar-refractivity contribution >= 4 is 17.4 Å². The van der Waals surface area contributed by atoms with Gasteiger partial charge in [0, 0.05) is 24.3 Å². The summed E-state index contributed by atoms with van der Waals surface area (Å²) in [6.07, 6.45) is 1.18. The average molecular weight is 312 g/mol. The van der Waals surface area contributed by atoms with Gasteiger partial charge in [0.25, 0.3) is 5.91 Å². The lowest BCUT2D eigenvalue weighted by Crippen LogP contribution is -2.42. The molecule has 2 heterocycles. The monoisotopic (exact) mass is 312 g/mol. The molecule has 1 amide bonds. The highest BCUT2D eigenvalue weighted by molar-refractivity contribution is 5.95. The number of rotatable bonds is 3. The molecule has 1 aromatic carbocycles. The van der Waals surface area contributed by atoms with Crippen molar-refractivity contribution in [2.24, 2.45) is 0 Å². The zero-order valence-corrected chi connectivity index (χ0v) is 13.1. The first kappa shape index (κ1) is 15.4. The van der Waals surface area contributed by atoms with Gasteiger partial charge in [-0.25, -0.2) is 0 Å². The number of nitrogens with one attached hydrogen (secondary N) is 1. The lowest BCUT2D eigenvalue weighted by molar-refractivity contribution is 0.0474. The minimum atomic E-state index is -0.420. The maximum absolute atomic E-state index is 12.6. The number of carbonyl (C=O) groups is 1. The number of piperidine rings is 1. The molecule has 0 radical (unpaired) electrons. The normalized spacial score (nSPS) is 17.8. The number of β-amino-alcohol motifs (C(OH)–C–C–N with tert-alkyl or cyclic N) is 1. The molecule has 1 aliphatic heterocycles. The van der Waals surface area contributed by atoms with Crippen LogP contribution in [-0.2, 0) is 0 Å². The van der Waals surface area contributed by atoms with Crippen molar-refractivity contribution in [3.8, 4) is 0 Å². The van der Waals surface area contributed by atoms with E-state index in [0.717, 1.165) is 24.2 Å². The Balaban J connectivity index is 1.74. The first-order valence-corrected chi connectivity index (χ1v) is 7.76. The van der Waals surface area contributed by atoms with E-state index in [1.807, 2.05) is 31.2 Å². The van der Waals surface area contributed by atoms with Crippen LogP contribution in [0.4, 0.5) is 11.5 Å². The summed E-state index contributed by atoms with van der Waals surface area (Å²) in [7, 11) is 0. The van der Waals surface area contributed by atoms with Gasteiger partial charge >= 0.3 is 0 Å². The van der Waals surface area contributed by atoms with Gasteiger partial charge in [-0.2, -0.15) is 5.10 Å². The summed E-state index contributed by atoms with van der Waals surface area (Å²) in [6, 6.07) is 11.0. The Labute approximate surface area is 135 Å². The van der Waals surface area contributed by atoms with Crippen molar-refractivity contribution in [3.05, 3.63) is 47.7 Å². The van der Waals surface area contributed by atoms with Gasteiger partial charge in [0.15, 0.2) is 5.82 Å². The third-order valence-corrected chi connectivity index (χ3v) is 3.86. The summed E-state index contributed by atoms with van der Waals surface area (Å²) in [6.45, 7) is 2.97. The Morgan fingerprint density at radius 2 is 2.17 bits per heavy atom. The summed E-state index contributed by atoms with van der Waals surface area (Å²) in [5, 5.41) is 20.9. The maximum atomic E-state index is 12.6. The van der Waals surface area contributed by atoms with E-state index in [4.69, 9.17) is 0 Å². The number of benzene rings is 1. The highest BCUT2D eigenvalue weighted by Gasteiger charge is 2.23. The second-order valence-corrected chi connectivity index (χ2v) is 5.81. The topological polar surface area (TPSA) is 78.4 Å². The number of nitrogens with zero attached hydrogens (tertiary/aromatic N) is 3. The molecule has 1 unspecified atom stereocenters. The Bertz CT molecular complexity index is 687. The van der Waals surface area contributed by atoms with E-state index in [1.54, 1.807) is 17.0 Å². The fourth-order valence-electron chi connectivity index (χ4n) is 2.67. The van der Waals surface area contributed by atoms with Crippen LogP contribution in [0.3, 0.4) is 0 Å². The average Bonchev–Trinajstić information content (AvgIpc) is 2.56. The van der Waals surface area contributed by atoms with Gasteiger partial charge < -0.3 is 15.3 Å². The molecule has 3 rings (SSSR count). The third kappa shape index (κ3) is 3.84. The van der Waals surface area contributed by atoms with Crippen molar-refractivity contribution in [3.63, 3.8) is 0 Å². The molecule has 120 valence electrons. The van der Waals surface area contributed by atoms with Crippen LogP contribution in [0.2, 0.25) is 0 Å². The first-order valence-electron chi connectivity index (χ1n) is 7.76. The minimum Gasteiger partial charge on any atom is -0.391 e. The van der Waals surface area contributed by atoms with E-state index in [2.05, 4.69) is 15.5 Å². The smallest absolute Gasteiger partial charge is 0.254 e. The van der Waals surface area contributed by atoms with Gasteiger partial charge in [0.1, 0.15) is 0 Å². The van der Waals surface area contributed by atoms with Gasteiger partial charge in [-0.05, 0) is 50.1 Å². The van der Waals surface area contributed by atoms with Gasteiger partial charge in [-0.3, -0.25) is 4.79 Å². The van der Waals surface area contributed by atoms with Gasteiger partial charge in [0.2, 0.25) is 0 Å². The molecule has 2 N–H and O–H groups in total. The standard InChI is InChI=1S/C17H20N4O2/c1-12-7-8-16(20-19-12)18-14-5-2-4-13(10-14)17(23)21-9-3-6-15(22)11-21/h2,4-5,7-8,10,15,22H,3,6,9,11H2,1H3,(H,18,20). The molecule has 1 atom stereocenters. The number of aliphatic hydroxyl groups excluding tert-OH is 1. The number of aromatic nitrogens is 2. The number of anilines is 2. The summed E-state index contributed by atoms with van der Waals surface area (Å²) < 4.78 is 0. The molecule has 1 saturated heterocycles. The molecule has 6 heteroatoms. The van der Waals surface area contributed by atoms with Crippen molar-refractivity contribution in [1.29, 1.82) is 0 Å². The molecule has 2 aromatic rings. The minimum absolute atomic E-state index is 0.0533. The van der Waals surface area contributed by atoms with E-state index >= 15 is 0 Å². The second-order valence-electron chi connectivity index (χ2n) is 5.81. The summed E-state index contributed by atoms with van der Waals surface area (Å²) in [4.78, 5) is 14.3. The predicted octanol–water partition coefficient (Wildman–Crippen LogP) is 2.13. The maximum Gasteiger partial charge on any atom is 0.254 e. The Kier molecular flexibility index (Phi) is 4.52. The first-order chi connectivity index (χ1) is 11.1. The number of hydrogen-bond donors (Lipinski definition) is 2.